The number of nitrogens with one attached hydrogen (secondary N) is 11. The molecule has 13 N–H and O–H groups in total. The summed E-state index contributed by atoms with van der Waals surface area (Å²) >= 11 is 1.68. The Kier molecular flexibility index (Phi) is 82.5. The molecule has 0 radical (unpaired) electrons. The molecule has 0 aliphatic rings. The number of amides is 1. The number of thioether (sulfide) groups is 1. The SMILES string of the molecule is CNC.CNC.CNC[C@H](NC)C(=O)NC[C@H](NC)C(C)=O.CNC[C@H](NC)C(C)=O.CN[C@@H](CC(C)=O)C(C)=O.CN[C@@H](CCC(C)=O)C(C)=O.CN[C@@H](CSC)C(C)=O.CO.CO. The van der Waals surface area contributed by atoms with Crippen LogP contribution in [0, 0.1) is 0 Å². The van der Waals surface area contributed by atoms with E-state index in [-0.39, 0.29) is 82.6 Å². The summed E-state index contributed by atoms with van der Waals surface area (Å²) in [6.45, 7) is 12.3. The summed E-state index contributed by atoms with van der Waals surface area (Å²) in [5, 5.41) is 45.2. The molecule has 0 saturated carbocycles. The highest BCUT2D eigenvalue weighted by Gasteiger charge is 2.18. The van der Waals surface area contributed by atoms with E-state index in [0.29, 0.717) is 38.9 Å². The predicted octanol–water partition coefficient (Wildman–Crippen LogP) is -2.44. The first-order valence-electron chi connectivity index (χ1n) is 21.2. The van der Waals surface area contributed by atoms with E-state index in [1.54, 1.807) is 67.9 Å². The number of Topliss-reactive ketones (excluding diaryl/α,β-unsaturated/α-hetero) is 7. The van der Waals surface area contributed by atoms with Crippen molar-refractivity contribution in [2.24, 2.45) is 0 Å². The lowest BCUT2D eigenvalue weighted by atomic mass is 10.1. The number of aliphatic hydroxyl groups excluding tert-OH is 2. The first-order chi connectivity index (χ1) is 30.5. The maximum absolute atomic E-state index is 11.7. The Labute approximate surface area is 398 Å². The van der Waals surface area contributed by atoms with Gasteiger partial charge in [0.15, 0.2) is 0 Å². The third-order valence-corrected chi connectivity index (χ3v) is 8.43. The number of aliphatic hydroxyl groups is 2. The smallest absolute Gasteiger partial charge is 0.238 e. The Balaban J connectivity index is -0.0000000830. The molecule has 0 aliphatic carbocycles. The third-order valence-electron chi connectivity index (χ3n) is 7.77. The van der Waals surface area contributed by atoms with Gasteiger partial charge < -0.3 is 73.5 Å². The van der Waals surface area contributed by atoms with Gasteiger partial charge in [0.25, 0.3) is 0 Å². The van der Waals surface area contributed by atoms with Crippen molar-refractivity contribution in [3.63, 3.8) is 0 Å². The van der Waals surface area contributed by atoms with Crippen LogP contribution in [0.2, 0.25) is 0 Å². The summed E-state index contributed by atoms with van der Waals surface area (Å²) in [4.78, 5) is 86.7. The lowest BCUT2D eigenvalue weighted by Gasteiger charge is -2.18. The minimum Gasteiger partial charge on any atom is -0.400 e. The van der Waals surface area contributed by atoms with Crippen molar-refractivity contribution in [2.75, 3.05) is 130 Å². The van der Waals surface area contributed by atoms with Crippen molar-refractivity contribution < 1.29 is 48.6 Å². The van der Waals surface area contributed by atoms with Crippen LogP contribution in [0.15, 0.2) is 0 Å². The van der Waals surface area contributed by atoms with Crippen LogP contribution in [-0.4, -0.2) is 223 Å². The fourth-order valence-corrected chi connectivity index (χ4v) is 4.90. The average molecular weight is 962 g/mol. The second kappa shape index (κ2) is 65.3. The van der Waals surface area contributed by atoms with Crippen LogP contribution < -0.4 is 58.5 Å². The predicted molar refractivity (Wildman–Crippen MR) is 271 cm³/mol. The highest BCUT2D eigenvalue weighted by atomic mass is 32.2. The molecular formula is C43H99N11O10S. The van der Waals surface area contributed by atoms with Crippen LogP contribution in [0.4, 0.5) is 0 Å². The van der Waals surface area contributed by atoms with Crippen molar-refractivity contribution in [3.8, 4) is 0 Å². The normalized spacial score (nSPS) is 12.0. The van der Waals surface area contributed by atoms with E-state index in [1.807, 2.05) is 48.5 Å². The van der Waals surface area contributed by atoms with Crippen LogP contribution in [0.5, 0.6) is 0 Å². The van der Waals surface area contributed by atoms with Crippen LogP contribution in [0.25, 0.3) is 0 Å². The maximum atomic E-state index is 11.7. The molecule has 0 spiro atoms. The van der Waals surface area contributed by atoms with Gasteiger partial charge >= 0.3 is 0 Å². The number of ketones is 7. The van der Waals surface area contributed by atoms with E-state index in [2.05, 4.69) is 58.5 Å². The summed E-state index contributed by atoms with van der Waals surface area (Å²) in [5.74, 6) is 1.42. The van der Waals surface area contributed by atoms with Crippen LogP contribution in [-0.2, 0) is 38.4 Å². The van der Waals surface area contributed by atoms with Crippen molar-refractivity contribution >= 4 is 58.2 Å². The summed E-state index contributed by atoms with van der Waals surface area (Å²) < 4.78 is 0. The number of hydrogen-bond donors (Lipinski definition) is 13. The topological polar surface area (TPSA) is 309 Å². The summed E-state index contributed by atoms with van der Waals surface area (Å²) in [5.41, 5.74) is 0. The largest absolute Gasteiger partial charge is 0.400 e. The van der Waals surface area contributed by atoms with Crippen molar-refractivity contribution in [2.45, 2.75) is 104 Å². The zero-order valence-electron chi connectivity index (χ0n) is 44.5. The number of rotatable bonds is 25. The van der Waals surface area contributed by atoms with E-state index >= 15 is 0 Å². The molecule has 1 amide bonds. The maximum Gasteiger partial charge on any atom is 0.238 e. The van der Waals surface area contributed by atoms with Gasteiger partial charge in [0.1, 0.15) is 40.5 Å². The van der Waals surface area contributed by atoms with Gasteiger partial charge in [-0.1, -0.05) is 0 Å². The van der Waals surface area contributed by atoms with Gasteiger partial charge in [-0.05, 0) is 146 Å². The van der Waals surface area contributed by atoms with Crippen LogP contribution >= 0.6 is 11.8 Å². The standard InChI is InChI=1S/C10H22N4O2.C8H15NO2.C7H13NO2.C6H14N2O.C6H13NOS.2C2H7N.2CH4O/c1-7(15)8(12-3)6-14-10(16)9(13-4)5-11-2;1-6(10)4-5-8(9-3)7(2)11;1-5(9)4-7(8-3)6(2)10;1-5(9)6(8-3)4-7-2;1-5(8)6(7-2)4-9-3;2*1-3-2;2*1-2/h8-9,11-13H,5-6H2,1-4H3,(H,14,16);8-9H,4-5H2,1-3H3;7-8H,4H2,1-3H3;6-8H,4H2,1-3H3;6-7H,4H2,1-3H3;2*3H,1-2H3;2*2H,1H3/t8-,9-;8-;7-;2*6-;;;;/m00000..../s1. The molecule has 0 aliphatic heterocycles. The fourth-order valence-electron chi connectivity index (χ4n) is 4.16. The Bertz CT molecular complexity index is 1120. The second-order valence-corrected chi connectivity index (χ2v) is 14.5. The van der Waals surface area contributed by atoms with Gasteiger partial charge in [0.05, 0.1) is 36.3 Å². The molecule has 22 heteroatoms. The summed E-state index contributed by atoms with van der Waals surface area (Å²) in [6.07, 6.45) is 3.38. The summed E-state index contributed by atoms with van der Waals surface area (Å²) in [6, 6.07) is -1.04. The number of hydrogen-bond acceptors (Lipinski definition) is 21. The van der Waals surface area contributed by atoms with Crippen LogP contribution in [0.1, 0.15) is 67.7 Å². The Morgan fingerprint density at radius 1 is 0.415 bits per heavy atom. The summed E-state index contributed by atoms with van der Waals surface area (Å²) in [7, 11) is 23.5. The number of likely N-dealkylation sites (N-methyl/N-ethyl adjacent to an activating group) is 8. The Morgan fingerprint density at radius 3 is 0.892 bits per heavy atom. The fraction of sp³-hybridized carbons (Fsp3) is 0.814. The lowest BCUT2D eigenvalue weighted by molar-refractivity contribution is -0.124. The number of carbonyl (C=O) groups is 8. The van der Waals surface area contributed by atoms with E-state index in [9.17, 15) is 38.4 Å². The quantitative estimate of drug-likeness (QED) is 0.0452. The highest BCUT2D eigenvalue weighted by molar-refractivity contribution is 7.98. The highest BCUT2D eigenvalue weighted by Crippen LogP contribution is 1.99. The van der Waals surface area contributed by atoms with Gasteiger partial charge in [0, 0.05) is 52.4 Å². The third kappa shape index (κ3) is 67.7. The molecule has 0 fully saturated rings. The molecule has 21 nitrogen and oxygen atoms in total. The van der Waals surface area contributed by atoms with E-state index in [4.69, 9.17) is 10.2 Å². The Hall–Kier alpha value is -2.97. The van der Waals surface area contributed by atoms with E-state index in [1.165, 1.54) is 34.6 Å². The molecule has 0 aromatic rings. The van der Waals surface area contributed by atoms with Crippen molar-refractivity contribution in [1.82, 2.24) is 58.5 Å². The van der Waals surface area contributed by atoms with E-state index in [0.717, 1.165) is 20.0 Å². The van der Waals surface area contributed by atoms with E-state index < -0.39 is 0 Å². The molecule has 6 atom stereocenters. The molecule has 0 rings (SSSR count). The van der Waals surface area contributed by atoms with Gasteiger partial charge in [-0.3, -0.25) is 33.6 Å². The molecule has 0 unspecified atom stereocenters. The minimum atomic E-state index is -0.323. The monoisotopic (exact) mass is 962 g/mol. The van der Waals surface area contributed by atoms with Gasteiger partial charge in [-0.25, -0.2) is 0 Å². The second-order valence-electron chi connectivity index (χ2n) is 13.6. The number of carbonyl (C=O) groups excluding carboxylic acids is 8. The lowest BCUT2D eigenvalue weighted by Crippen LogP contribution is -2.51. The molecule has 0 heterocycles. The van der Waals surface area contributed by atoms with Gasteiger partial charge in [-0.15, -0.1) is 0 Å². The molecular weight excluding hydrogens is 863 g/mol. The van der Waals surface area contributed by atoms with Gasteiger partial charge in [-0.2, -0.15) is 11.8 Å². The molecule has 0 aromatic heterocycles. The molecule has 0 saturated heterocycles. The van der Waals surface area contributed by atoms with Crippen molar-refractivity contribution in [1.29, 1.82) is 0 Å². The van der Waals surface area contributed by atoms with Gasteiger partial charge in [0.2, 0.25) is 5.91 Å². The molecule has 392 valence electrons. The molecule has 0 aromatic carbocycles. The molecule has 0 bridgehead atoms. The zero-order chi connectivity index (χ0) is 53.5. The molecule has 65 heavy (non-hydrogen) atoms. The minimum absolute atomic E-state index is 0.0115. The average Bonchev–Trinajstić information content (AvgIpc) is 3.25. The van der Waals surface area contributed by atoms with Crippen LogP contribution in [0.3, 0.4) is 0 Å². The first-order valence-corrected chi connectivity index (χ1v) is 22.5. The zero-order valence-corrected chi connectivity index (χ0v) is 45.3. The Morgan fingerprint density at radius 2 is 0.708 bits per heavy atom. The first kappa shape index (κ1) is 82.2. The van der Waals surface area contributed by atoms with Crippen molar-refractivity contribution in [3.05, 3.63) is 0 Å².